The maximum atomic E-state index is 12.9. The quantitative estimate of drug-likeness (QED) is 0.595. The number of aryl methyl sites for hydroxylation is 2. The van der Waals surface area contributed by atoms with Crippen LogP contribution in [0.25, 0.3) is 0 Å². The number of rotatable bonds is 4. The smallest absolute Gasteiger partial charge is 0.264 e. The van der Waals surface area contributed by atoms with Gasteiger partial charge < -0.3 is 0 Å². The lowest BCUT2D eigenvalue weighted by molar-refractivity contribution is -0.123. The first-order valence-corrected chi connectivity index (χ1v) is 11.2. The molecule has 154 valence electrons. The highest BCUT2D eigenvalue weighted by Crippen LogP contribution is 2.53. The van der Waals surface area contributed by atoms with Gasteiger partial charge in [-0.25, -0.2) is 23.1 Å². The summed E-state index contributed by atoms with van der Waals surface area (Å²) >= 11 is 0. The van der Waals surface area contributed by atoms with Crippen LogP contribution in [0.2, 0.25) is 0 Å². The van der Waals surface area contributed by atoms with Gasteiger partial charge in [-0.15, -0.1) is 0 Å². The second kappa shape index (κ2) is 6.46. The molecule has 2 aliphatic carbocycles. The number of amides is 2. The van der Waals surface area contributed by atoms with E-state index in [9.17, 15) is 18.0 Å². The monoisotopic (exact) mass is 424 g/mol. The van der Waals surface area contributed by atoms with Crippen molar-refractivity contribution in [1.29, 1.82) is 0 Å². The van der Waals surface area contributed by atoms with Crippen molar-refractivity contribution in [1.82, 2.24) is 9.97 Å². The van der Waals surface area contributed by atoms with E-state index >= 15 is 0 Å². The van der Waals surface area contributed by atoms with E-state index in [1.165, 1.54) is 29.2 Å². The number of carbonyl (C=O) groups excluding carboxylic acids is 2. The van der Waals surface area contributed by atoms with E-state index in [0.29, 0.717) is 17.1 Å². The number of allylic oxidation sites excluding steroid dienone is 2. The van der Waals surface area contributed by atoms with Gasteiger partial charge in [-0.1, -0.05) is 12.2 Å². The molecule has 2 fully saturated rings. The molecule has 30 heavy (non-hydrogen) atoms. The Bertz CT molecular complexity index is 1160. The fourth-order valence-corrected chi connectivity index (χ4v) is 5.83. The number of imide groups is 1. The number of nitrogens with one attached hydrogen (secondary N) is 1. The molecule has 5 rings (SSSR count). The number of anilines is 2. The number of hydrogen-bond donors (Lipinski definition) is 1. The van der Waals surface area contributed by atoms with Crippen LogP contribution in [0.4, 0.5) is 11.6 Å². The summed E-state index contributed by atoms with van der Waals surface area (Å²) in [5, 5.41) is 0. The summed E-state index contributed by atoms with van der Waals surface area (Å²) in [6.45, 7) is 3.50. The number of benzene rings is 1. The molecule has 1 N–H and O–H groups in total. The van der Waals surface area contributed by atoms with Gasteiger partial charge in [0, 0.05) is 11.4 Å². The highest BCUT2D eigenvalue weighted by atomic mass is 32.2. The van der Waals surface area contributed by atoms with Crippen LogP contribution in [0.1, 0.15) is 17.8 Å². The van der Waals surface area contributed by atoms with Gasteiger partial charge in [0.25, 0.3) is 10.0 Å². The molecule has 9 heteroatoms. The summed E-state index contributed by atoms with van der Waals surface area (Å²) in [5.74, 6) is -0.722. The average molecular weight is 424 g/mol. The number of nitrogens with zero attached hydrogens (tertiary/aromatic N) is 3. The molecule has 1 aromatic heterocycles. The molecule has 1 saturated carbocycles. The van der Waals surface area contributed by atoms with Gasteiger partial charge in [0.15, 0.2) is 0 Å². The number of sulfonamides is 1. The number of aromatic nitrogens is 2. The van der Waals surface area contributed by atoms with Crippen LogP contribution in [0, 0.1) is 37.5 Å². The minimum Gasteiger partial charge on any atom is -0.274 e. The van der Waals surface area contributed by atoms with E-state index in [1.54, 1.807) is 19.9 Å². The first kappa shape index (κ1) is 18.9. The Morgan fingerprint density at radius 1 is 0.933 bits per heavy atom. The fraction of sp³-hybridized carbons (Fsp3) is 0.333. The lowest BCUT2D eigenvalue weighted by atomic mass is 9.85. The summed E-state index contributed by atoms with van der Waals surface area (Å²) in [6, 6.07) is 7.48. The third kappa shape index (κ3) is 2.84. The molecular formula is C21H20N4O4S. The highest BCUT2D eigenvalue weighted by Gasteiger charge is 2.59. The van der Waals surface area contributed by atoms with Crippen molar-refractivity contribution in [2.45, 2.75) is 25.2 Å². The molecule has 1 saturated heterocycles. The van der Waals surface area contributed by atoms with Crippen molar-refractivity contribution in [3.63, 3.8) is 0 Å². The van der Waals surface area contributed by atoms with E-state index in [0.717, 1.165) is 6.42 Å². The van der Waals surface area contributed by atoms with E-state index in [-0.39, 0.29) is 46.3 Å². The summed E-state index contributed by atoms with van der Waals surface area (Å²) < 4.78 is 27.8. The van der Waals surface area contributed by atoms with Gasteiger partial charge in [-0.2, -0.15) is 0 Å². The minimum atomic E-state index is -3.91. The summed E-state index contributed by atoms with van der Waals surface area (Å²) in [6.07, 6.45) is 4.94. The van der Waals surface area contributed by atoms with Crippen molar-refractivity contribution >= 4 is 33.5 Å². The van der Waals surface area contributed by atoms with Gasteiger partial charge in [0.05, 0.1) is 22.4 Å². The predicted molar refractivity (Wildman–Crippen MR) is 109 cm³/mol. The van der Waals surface area contributed by atoms with Crippen molar-refractivity contribution in [3.8, 4) is 0 Å². The molecule has 0 spiro atoms. The molecule has 0 radical (unpaired) electrons. The first-order valence-electron chi connectivity index (χ1n) is 9.76. The molecule has 2 bridgehead atoms. The third-order valence-electron chi connectivity index (χ3n) is 6.08. The van der Waals surface area contributed by atoms with Gasteiger partial charge in [0.2, 0.25) is 17.8 Å². The Morgan fingerprint density at radius 2 is 1.47 bits per heavy atom. The van der Waals surface area contributed by atoms with Crippen LogP contribution in [-0.2, 0) is 19.6 Å². The molecule has 0 unspecified atom stereocenters. The second-order valence-electron chi connectivity index (χ2n) is 8.09. The molecule has 1 aromatic carbocycles. The van der Waals surface area contributed by atoms with Crippen molar-refractivity contribution in [2.24, 2.45) is 23.7 Å². The van der Waals surface area contributed by atoms with Gasteiger partial charge >= 0.3 is 0 Å². The molecule has 1 aliphatic heterocycles. The van der Waals surface area contributed by atoms with Crippen LogP contribution in [-0.4, -0.2) is 30.2 Å². The number of hydrogen-bond acceptors (Lipinski definition) is 6. The van der Waals surface area contributed by atoms with E-state index < -0.39 is 10.0 Å². The van der Waals surface area contributed by atoms with Gasteiger partial charge in [-0.3, -0.25) is 14.5 Å². The topological polar surface area (TPSA) is 109 Å². The van der Waals surface area contributed by atoms with Crippen molar-refractivity contribution < 1.29 is 18.0 Å². The minimum absolute atomic E-state index is 0.00252. The van der Waals surface area contributed by atoms with Gasteiger partial charge in [-0.05, 0) is 62.4 Å². The fourth-order valence-electron chi connectivity index (χ4n) is 4.88. The summed E-state index contributed by atoms with van der Waals surface area (Å²) in [4.78, 5) is 35.2. The lowest BCUT2D eigenvalue weighted by Gasteiger charge is -2.17. The second-order valence-corrected chi connectivity index (χ2v) is 9.77. The SMILES string of the molecule is Cc1cc(C)nc(NS(=O)(=O)c2ccc(N3C(=O)[C@@H]4[C@@H](C3=O)[C@@H]3C=C[C@@H]4C3)cc2)n1. The largest absolute Gasteiger partial charge is 0.274 e. The zero-order valence-corrected chi connectivity index (χ0v) is 17.3. The standard InChI is InChI=1S/C21H20N4O4S/c1-11-9-12(2)23-21(22-11)24-30(28,29)16-7-5-15(6-8-16)25-19(26)17-13-3-4-14(10-13)18(17)20(25)27/h3-9,13-14,17-18H,10H2,1-2H3,(H,22,23,24)/t13-,14-,17+,18+/m1/s1. The highest BCUT2D eigenvalue weighted by molar-refractivity contribution is 7.92. The maximum absolute atomic E-state index is 12.9. The van der Waals surface area contributed by atoms with Crippen molar-refractivity contribution in [2.75, 3.05) is 9.62 Å². The molecular weight excluding hydrogens is 404 g/mol. The van der Waals surface area contributed by atoms with Crippen LogP contribution in [0.3, 0.4) is 0 Å². The maximum Gasteiger partial charge on any atom is 0.264 e. The molecule has 4 atom stereocenters. The Balaban J connectivity index is 1.39. The van der Waals surface area contributed by atoms with Crippen LogP contribution >= 0.6 is 0 Å². The Morgan fingerprint density at radius 3 is 2.00 bits per heavy atom. The van der Waals surface area contributed by atoms with E-state index in [4.69, 9.17) is 0 Å². The molecule has 2 amide bonds. The zero-order valence-electron chi connectivity index (χ0n) is 16.4. The first-order chi connectivity index (χ1) is 14.2. The summed E-state index contributed by atoms with van der Waals surface area (Å²) in [7, 11) is -3.91. The number of carbonyl (C=O) groups is 2. The Labute approximate surface area is 174 Å². The summed E-state index contributed by atoms with van der Waals surface area (Å²) in [5.41, 5.74) is 1.69. The predicted octanol–water partition coefficient (Wildman–Crippen LogP) is 2.21. The molecule has 3 aliphatic rings. The molecule has 2 heterocycles. The number of fused-ring (bicyclic) bond motifs is 5. The van der Waals surface area contributed by atoms with E-state index in [2.05, 4.69) is 14.7 Å². The third-order valence-corrected chi connectivity index (χ3v) is 7.43. The van der Waals surface area contributed by atoms with Crippen LogP contribution < -0.4 is 9.62 Å². The van der Waals surface area contributed by atoms with E-state index in [1.807, 2.05) is 12.2 Å². The van der Waals surface area contributed by atoms with Crippen LogP contribution in [0.15, 0.2) is 47.4 Å². The normalized spacial score (nSPS) is 27.1. The lowest BCUT2D eigenvalue weighted by Crippen LogP contribution is -2.32. The molecule has 8 nitrogen and oxygen atoms in total. The van der Waals surface area contributed by atoms with Gasteiger partial charge in [0.1, 0.15) is 0 Å². The van der Waals surface area contributed by atoms with Crippen molar-refractivity contribution in [3.05, 3.63) is 53.9 Å². The average Bonchev–Trinajstić information content (AvgIpc) is 3.34. The van der Waals surface area contributed by atoms with Crippen LogP contribution in [0.5, 0.6) is 0 Å². The Hall–Kier alpha value is -3.07. The molecule has 2 aromatic rings. The zero-order chi connectivity index (χ0) is 21.2. The Kier molecular flexibility index (Phi) is 4.08.